The van der Waals surface area contributed by atoms with E-state index in [1.54, 1.807) is 24.3 Å². The number of amides is 1. The van der Waals surface area contributed by atoms with Crippen LogP contribution < -0.4 is 0 Å². The van der Waals surface area contributed by atoms with Gasteiger partial charge in [0.05, 0.1) is 29.4 Å². The average Bonchev–Trinajstić information content (AvgIpc) is 3.42. The van der Waals surface area contributed by atoms with Crippen LogP contribution in [-0.2, 0) is 30.8 Å². The maximum Gasteiger partial charge on any atom is 0.308 e. The molecule has 0 spiro atoms. The van der Waals surface area contributed by atoms with Gasteiger partial charge in [0.15, 0.2) is 0 Å². The van der Waals surface area contributed by atoms with Gasteiger partial charge in [0.2, 0.25) is 15.7 Å². The monoisotopic (exact) mass is 527 g/mol. The zero-order valence-corrected chi connectivity index (χ0v) is 22.7. The van der Waals surface area contributed by atoms with Crippen molar-refractivity contribution in [3.05, 3.63) is 59.2 Å². The van der Waals surface area contributed by atoms with E-state index >= 15 is 0 Å². The van der Waals surface area contributed by atoms with Gasteiger partial charge in [-0.1, -0.05) is 38.1 Å². The molecule has 0 aromatic heterocycles. The van der Waals surface area contributed by atoms with Crippen LogP contribution in [0.5, 0.6) is 0 Å². The lowest BCUT2D eigenvalue weighted by Crippen LogP contribution is -2.37. The molecule has 1 aliphatic heterocycles. The Bertz CT molecular complexity index is 1250. The summed E-state index contributed by atoms with van der Waals surface area (Å²) in [6, 6.07) is 12.1. The fraction of sp³-hybridized carbons (Fsp3) is 0.517. The predicted octanol–water partition coefficient (Wildman–Crippen LogP) is 4.43. The van der Waals surface area contributed by atoms with Crippen LogP contribution in [-0.4, -0.2) is 50.5 Å². The highest BCUT2D eigenvalue weighted by molar-refractivity contribution is 7.91. The lowest BCUT2D eigenvalue weighted by atomic mass is 9.81. The van der Waals surface area contributed by atoms with Crippen molar-refractivity contribution in [3.8, 4) is 0 Å². The topological polar surface area (TPSA) is 101 Å². The van der Waals surface area contributed by atoms with Crippen molar-refractivity contribution in [2.24, 2.45) is 11.8 Å². The second-order valence-corrected chi connectivity index (χ2v) is 12.5. The number of hydrogen-bond donors (Lipinski definition) is 1. The van der Waals surface area contributed by atoms with E-state index < -0.39 is 9.84 Å². The number of rotatable bonds is 7. The molecule has 0 radical (unpaired) electrons. The molecule has 1 atom stereocenters. The Morgan fingerprint density at radius 2 is 1.73 bits per heavy atom. The van der Waals surface area contributed by atoms with E-state index in [2.05, 4.69) is 0 Å². The second kappa shape index (κ2) is 11.4. The standard InChI is InChI=1S/C29H37NO6S/c1-19(2)26-12-11-23(16-27(26)37(34,35)25-6-4-5-20(15-25)18-31)24-13-14-30(17-24)28(32)21-7-9-22(10-8-21)29(33)36-3/h4-6,11-12,15-16,19,21-22,24,31H,7-10,13-14,17-18H2,1-3H3. The largest absolute Gasteiger partial charge is 0.469 e. The van der Waals surface area contributed by atoms with Gasteiger partial charge in [0.1, 0.15) is 0 Å². The molecule has 2 fully saturated rings. The molecule has 4 rings (SSSR count). The minimum absolute atomic E-state index is 0.0154. The Labute approximate surface area is 219 Å². The fourth-order valence-corrected chi connectivity index (χ4v) is 7.41. The molecule has 1 amide bonds. The van der Waals surface area contributed by atoms with Crippen LogP contribution >= 0.6 is 0 Å². The van der Waals surface area contributed by atoms with Crippen molar-refractivity contribution in [2.45, 2.75) is 74.2 Å². The quantitative estimate of drug-likeness (QED) is 0.535. The normalized spacial score (nSPS) is 22.3. The number of carbonyl (C=O) groups is 2. The molecule has 1 saturated carbocycles. The second-order valence-electron chi connectivity index (χ2n) is 10.6. The van der Waals surface area contributed by atoms with Crippen molar-refractivity contribution >= 4 is 21.7 Å². The van der Waals surface area contributed by atoms with Crippen molar-refractivity contribution < 1.29 is 27.9 Å². The average molecular weight is 528 g/mol. The van der Waals surface area contributed by atoms with E-state index in [0.717, 1.165) is 17.5 Å². The molecule has 2 aromatic rings. The van der Waals surface area contributed by atoms with E-state index in [1.165, 1.54) is 13.2 Å². The van der Waals surface area contributed by atoms with E-state index in [1.807, 2.05) is 30.9 Å². The molecule has 2 aliphatic rings. The highest BCUT2D eigenvalue weighted by Gasteiger charge is 2.36. The summed E-state index contributed by atoms with van der Waals surface area (Å²) in [6.07, 6.45) is 3.52. The van der Waals surface area contributed by atoms with Gasteiger partial charge in [-0.15, -0.1) is 0 Å². The van der Waals surface area contributed by atoms with Crippen molar-refractivity contribution in [2.75, 3.05) is 20.2 Å². The Morgan fingerprint density at radius 1 is 1.03 bits per heavy atom. The number of esters is 1. The number of aliphatic hydroxyl groups is 1. The van der Waals surface area contributed by atoms with Gasteiger partial charge in [0.25, 0.3) is 0 Å². The first kappa shape index (κ1) is 27.3. The summed E-state index contributed by atoms with van der Waals surface area (Å²) >= 11 is 0. The Hall–Kier alpha value is -2.71. The summed E-state index contributed by atoms with van der Waals surface area (Å²) in [4.78, 5) is 27.4. The molecular formula is C29H37NO6S. The van der Waals surface area contributed by atoms with Crippen LogP contribution in [0.1, 0.15) is 74.5 Å². The van der Waals surface area contributed by atoms with Crippen molar-refractivity contribution in [1.29, 1.82) is 0 Å². The number of ether oxygens (including phenoxy) is 1. The van der Waals surface area contributed by atoms with E-state index in [4.69, 9.17) is 4.74 Å². The van der Waals surface area contributed by atoms with Crippen LogP contribution in [0.3, 0.4) is 0 Å². The third kappa shape index (κ3) is 5.75. The number of carbonyl (C=O) groups excluding carboxylic acids is 2. The molecule has 2 aromatic carbocycles. The number of likely N-dealkylation sites (tertiary alicyclic amines) is 1. The lowest BCUT2D eigenvalue weighted by molar-refractivity contribution is -0.148. The molecule has 1 saturated heterocycles. The van der Waals surface area contributed by atoms with Gasteiger partial charge in [-0.2, -0.15) is 0 Å². The maximum absolute atomic E-state index is 13.7. The van der Waals surface area contributed by atoms with Crippen LogP contribution in [0.15, 0.2) is 52.3 Å². The third-order valence-electron chi connectivity index (χ3n) is 7.92. The molecule has 37 heavy (non-hydrogen) atoms. The van der Waals surface area contributed by atoms with Crippen molar-refractivity contribution in [1.82, 2.24) is 4.90 Å². The summed E-state index contributed by atoms with van der Waals surface area (Å²) in [5.74, 6) is -0.156. The van der Waals surface area contributed by atoms with Gasteiger partial charge in [-0.3, -0.25) is 9.59 Å². The number of methoxy groups -OCH3 is 1. The van der Waals surface area contributed by atoms with E-state index in [9.17, 15) is 23.1 Å². The minimum Gasteiger partial charge on any atom is -0.469 e. The number of sulfone groups is 1. The highest BCUT2D eigenvalue weighted by Crippen LogP contribution is 2.37. The number of aliphatic hydroxyl groups excluding tert-OH is 1. The fourth-order valence-electron chi connectivity index (χ4n) is 5.69. The maximum atomic E-state index is 13.7. The summed E-state index contributed by atoms with van der Waals surface area (Å²) in [5.41, 5.74) is 2.23. The minimum atomic E-state index is -3.79. The number of hydrogen-bond acceptors (Lipinski definition) is 6. The number of benzene rings is 2. The summed E-state index contributed by atoms with van der Waals surface area (Å²) in [7, 11) is -2.39. The zero-order valence-electron chi connectivity index (χ0n) is 21.9. The molecule has 7 nitrogen and oxygen atoms in total. The first-order valence-electron chi connectivity index (χ1n) is 13.1. The third-order valence-corrected chi connectivity index (χ3v) is 9.73. The van der Waals surface area contributed by atoms with Crippen molar-refractivity contribution in [3.63, 3.8) is 0 Å². The van der Waals surface area contributed by atoms with Crippen LogP contribution in [0.2, 0.25) is 0 Å². The van der Waals surface area contributed by atoms with Crippen LogP contribution in [0, 0.1) is 11.8 Å². The Balaban J connectivity index is 1.53. The first-order chi connectivity index (χ1) is 17.6. The van der Waals surface area contributed by atoms with Gasteiger partial charge >= 0.3 is 5.97 Å². The highest BCUT2D eigenvalue weighted by atomic mass is 32.2. The SMILES string of the molecule is COC(=O)C1CCC(C(=O)N2CCC(c3ccc(C(C)C)c(S(=O)(=O)c4cccc(CO)c4)c3)C2)CC1. The molecule has 1 unspecified atom stereocenters. The van der Waals surface area contributed by atoms with E-state index in [-0.39, 0.29) is 47.1 Å². The lowest BCUT2D eigenvalue weighted by Gasteiger charge is -2.29. The number of nitrogens with zero attached hydrogens (tertiary/aromatic N) is 1. The predicted molar refractivity (Wildman–Crippen MR) is 140 cm³/mol. The molecule has 0 bridgehead atoms. The Kier molecular flexibility index (Phi) is 8.39. The molecular weight excluding hydrogens is 490 g/mol. The van der Waals surface area contributed by atoms with E-state index in [0.29, 0.717) is 49.2 Å². The first-order valence-corrected chi connectivity index (χ1v) is 14.6. The molecule has 8 heteroatoms. The molecule has 1 heterocycles. The Morgan fingerprint density at radius 3 is 2.38 bits per heavy atom. The summed E-state index contributed by atoms with van der Waals surface area (Å²) in [5, 5.41) is 9.49. The van der Waals surface area contributed by atoms with Gasteiger partial charge in [-0.25, -0.2) is 8.42 Å². The zero-order chi connectivity index (χ0) is 26.7. The summed E-state index contributed by atoms with van der Waals surface area (Å²) in [6.45, 7) is 4.94. The molecule has 1 N–H and O–H groups in total. The van der Waals surface area contributed by atoms with Gasteiger partial charge in [-0.05, 0) is 72.9 Å². The molecule has 1 aliphatic carbocycles. The van der Waals surface area contributed by atoms with Crippen LogP contribution in [0.25, 0.3) is 0 Å². The smallest absolute Gasteiger partial charge is 0.308 e. The summed E-state index contributed by atoms with van der Waals surface area (Å²) < 4.78 is 32.2. The molecule has 200 valence electrons. The van der Waals surface area contributed by atoms with Gasteiger partial charge < -0.3 is 14.7 Å². The van der Waals surface area contributed by atoms with Crippen LogP contribution in [0.4, 0.5) is 0 Å². The van der Waals surface area contributed by atoms with Gasteiger partial charge in [0, 0.05) is 24.9 Å².